The summed E-state index contributed by atoms with van der Waals surface area (Å²) >= 11 is 0. The van der Waals surface area contributed by atoms with Gasteiger partial charge in [-0.05, 0) is 0 Å². The van der Waals surface area contributed by atoms with Crippen LogP contribution in [0.25, 0.3) is 0 Å². The minimum Gasteiger partial charge on any atom is -0.394 e. The summed E-state index contributed by atoms with van der Waals surface area (Å²) in [5.41, 5.74) is 2.21. The van der Waals surface area contributed by atoms with E-state index >= 15 is 0 Å². The molecule has 0 bridgehead atoms. The average Bonchev–Trinajstić information content (AvgIpc) is 1.68. The molecule has 0 aliphatic rings. The normalized spacial score (nSPS) is 14.1. The molecule has 0 aliphatic heterocycles. The lowest BCUT2D eigenvalue weighted by atomic mass is 10.4. The van der Waals surface area contributed by atoms with Crippen LogP contribution in [0.1, 0.15) is 0 Å². The molecule has 0 saturated carbocycles. The van der Waals surface area contributed by atoms with E-state index in [-0.39, 0.29) is 13.2 Å². The van der Waals surface area contributed by atoms with Gasteiger partial charge in [0.2, 0.25) is 0 Å². The minimum atomic E-state index is -0.731. The molecule has 0 rings (SSSR count). The van der Waals surface area contributed by atoms with E-state index in [0.717, 1.165) is 0 Å². The zero-order chi connectivity index (χ0) is 5.70. The maximum absolute atomic E-state index is 8.47. The second kappa shape index (κ2) is 4.01. The molecule has 0 unspecified atom stereocenters. The van der Waals surface area contributed by atoms with E-state index < -0.39 is 6.10 Å². The summed E-state index contributed by atoms with van der Waals surface area (Å²) in [5, 5.41) is 16.6. The molecule has 44 valence electrons. The van der Waals surface area contributed by atoms with Crippen molar-refractivity contribution in [1.29, 1.82) is 0 Å². The topological polar surface area (TPSA) is 78.5 Å². The highest BCUT2D eigenvalue weighted by molar-refractivity contribution is 4.50. The second-order valence-corrected chi connectivity index (χ2v) is 1.24. The maximum atomic E-state index is 8.47. The highest BCUT2D eigenvalue weighted by Gasteiger charge is 1.95. The predicted molar refractivity (Wildman–Crippen MR) is 25.3 cm³/mol. The summed E-state index contributed by atoms with van der Waals surface area (Å²) in [5.74, 6) is 4.78. The van der Waals surface area contributed by atoms with Gasteiger partial charge in [-0.3, -0.25) is 11.3 Å². The van der Waals surface area contributed by atoms with Crippen molar-refractivity contribution < 1.29 is 10.2 Å². The molecule has 0 amide bonds. The van der Waals surface area contributed by atoms with Crippen LogP contribution in [0.5, 0.6) is 0 Å². The van der Waals surface area contributed by atoms with E-state index in [2.05, 4.69) is 5.43 Å². The SMILES string of the molecule is NNC[C@@H](O)CO. The van der Waals surface area contributed by atoms with E-state index in [0.29, 0.717) is 0 Å². The van der Waals surface area contributed by atoms with E-state index in [9.17, 15) is 0 Å². The van der Waals surface area contributed by atoms with Gasteiger partial charge in [-0.15, -0.1) is 0 Å². The van der Waals surface area contributed by atoms with Gasteiger partial charge in [0, 0.05) is 6.54 Å². The Balaban J connectivity index is 2.83. The standard InChI is InChI=1S/C3H10N2O2/c4-5-1-3(7)2-6/h3,5-7H,1-2,4H2/t3-/m1/s1. The van der Waals surface area contributed by atoms with Gasteiger partial charge in [0.1, 0.15) is 0 Å². The Bertz CT molecular complexity index is 41.9. The number of aliphatic hydroxyl groups excluding tert-OH is 2. The van der Waals surface area contributed by atoms with Crippen LogP contribution >= 0.6 is 0 Å². The Kier molecular flexibility index (Phi) is 3.92. The molecule has 0 fully saturated rings. The fourth-order valence-corrected chi connectivity index (χ4v) is 0.201. The first-order valence-electron chi connectivity index (χ1n) is 2.03. The van der Waals surface area contributed by atoms with Crippen LogP contribution in [0.2, 0.25) is 0 Å². The third-order valence-corrected chi connectivity index (χ3v) is 0.564. The number of nitrogens with two attached hydrogens (primary N) is 1. The molecule has 0 aliphatic carbocycles. The molecular formula is C3H10N2O2. The van der Waals surface area contributed by atoms with E-state index in [1.54, 1.807) is 0 Å². The van der Waals surface area contributed by atoms with Crippen LogP contribution in [0, 0.1) is 0 Å². The Morgan fingerprint density at radius 3 is 2.43 bits per heavy atom. The monoisotopic (exact) mass is 106 g/mol. The van der Waals surface area contributed by atoms with Crippen LogP contribution in [0.15, 0.2) is 0 Å². The Morgan fingerprint density at radius 1 is 1.71 bits per heavy atom. The first-order chi connectivity index (χ1) is 3.31. The zero-order valence-corrected chi connectivity index (χ0v) is 3.96. The van der Waals surface area contributed by atoms with Crippen LogP contribution in [0.4, 0.5) is 0 Å². The smallest absolute Gasteiger partial charge is 0.0908 e. The number of aliphatic hydroxyl groups is 2. The van der Waals surface area contributed by atoms with E-state index in [1.165, 1.54) is 0 Å². The quantitative estimate of drug-likeness (QED) is 0.243. The van der Waals surface area contributed by atoms with Crippen LogP contribution in [0.3, 0.4) is 0 Å². The van der Waals surface area contributed by atoms with E-state index in [4.69, 9.17) is 16.1 Å². The Labute approximate surface area is 41.9 Å². The van der Waals surface area contributed by atoms with Crippen molar-refractivity contribution in [3.63, 3.8) is 0 Å². The summed E-state index contributed by atoms with van der Waals surface area (Å²) in [4.78, 5) is 0. The second-order valence-electron chi connectivity index (χ2n) is 1.24. The van der Waals surface area contributed by atoms with Gasteiger partial charge < -0.3 is 10.2 Å². The highest BCUT2D eigenvalue weighted by Crippen LogP contribution is 1.71. The van der Waals surface area contributed by atoms with Gasteiger partial charge in [0.25, 0.3) is 0 Å². The van der Waals surface area contributed by atoms with Gasteiger partial charge in [0.15, 0.2) is 0 Å². The number of hydrazine groups is 1. The fraction of sp³-hybridized carbons (Fsp3) is 1.00. The molecule has 1 atom stereocenters. The highest BCUT2D eigenvalue weighted by atomic mass is 16.3. The summed E-state index contributed by atoms with van der Waals surface area (Å²) in [7, 11) is 0. The maximum Gasteiger partial charge on any atom is 0.0908 e. The third kappa shape index (κ3) is 3.68. The van der Waals surface area contributed by atoms with Crippen molar-refractivity contribution in [3.8, 4) is 0 Å². The number of hydrogen-bond donors (Lipinski definition) is 4. The van der Waals surface area contributed by atoms with Gasteiger partial charge >= 0.3 is 0 Å². The lowest BCUT2D eigenvalue weighted by Crippen LogP contribution is -2.33. The van der Waals surface area contributed by atoms with Crippen molar-refractivity contribution in [3.05, 3.63) is 0 Å². The summed E-state index contributed by atoms with van der Waals surface area (Å²) in [6.45, 7) is -0.0132. The first-order valence-corrected chi connectivity index (χ1v) is 2.03. The summed E-state index contributed by atoms with van der Waals surface area (Å²) < 4.78 is 0. The third-order valence-electron chi connectivity index (χ3n) is 0.564. The van der Waals surface area contributed by atoms with Gasteiger partial charge in [0.05, 0.1) is 12.7 Å². The fourth-order valence-electron chi connectivity index (χ4n) is 0.201. The van der Waals surface area contributed by atoms with Gasteiger partial charge in [-0.25, -0.2) is 0 Å². The molecule has 0 spiro atoms. The largest absolute Gasteiger partial charge is 0.394 e. The summed E-state index contributed by atoms with van der Waals surface area (Å²) in [6.07, 6.45) is -0.731. The van der Waals surface area contributed by atoms with Crippen LogP contribution in [-0.4, -0.2) is 29.5 Å². The molecule has 7 heavy (non-hydrogen) atoms. The van der Waals surface area contributed by atoms with Crippen molar-refractivity contribution in [2.45, 2.75) is 6.10 Å². The minimum absolute atomic E-state index is 0.233. The van der Waals surface area contributed by atoms with E-state index in [1.807, 2.05) is 0 Å². The molecule has 4 heteroatoms. The zero-order valence-electron chi connectivity index (χ0n) is 3.96. The molecule has 4 nitrogen and oxygen atoms in total. The lowest BCUT2D eigenvalue weighted by Gasteiger charge is -2.02. The molecule has 0 aromatic rings. The Morgan fingerprint density at radius 2 is 2.29 bits per heavy atom. The molecule has 0 radical (unpaired) electrons. The van der Waals surface area contributed by atoms with Gasteiger partial charge in [-0.1, -0.05) is 0 Å². The average molecular weight is 106 g/mol. The van der Waals surface area contributed by atoms with Crippen LogP contribution in [-0.2, 0) is 0 Å². The molecule has 5 N–H and O–H groups in total. The van der Waals surface area contributed by atoms with Gasteiger partial charge in [-0.2, -0.15) is 0 Å². The molecule has 0 saturated heterocycles. The summed E-state index contributed by atoms with van der Waals surface area (Å²) in [6, 6.07) is 0. The molecule has 0 heterocycles. The molecule has 0 aromatic carbocycles. The van der Waals surface area contributed by atoms with Crippen molar-refractivity contribution in [2.24, 2.45) is 5.84 Å². The number of nitrogens with one attached hydrogen (secondary N) is 1. The predicted octanol–water partition coefficient (Wildman–Crippen LogP) is -2.20. The van der Waals surface area contributed by atoms with Crippen molar-refractivity contribution in [2.75, 3.05) is 13.2 Å². The lowest BCUT2D eigenvalue weighted by molar-refractivity contribution is 0.0947. The van der Waals surface area contributed by atoms with Crippen molar-refractivity contribution in [1.82, 2.24) is 5.43 Å². The molecular weight excluding hydrogens is 96.0 g/mol. The molecule has 0 aromatic heterocycles. The first kappa shape index (κ1) is 6.84. The van der Waals surface area contributed by atoms with Crippen molar-refractivity contribution >= 4 is 0 Å². The van der Waals surface area contributed by atoms with Crippen LogP contribution < -0.4 is 11.3 Å². The Hall–Kier alpha value is -0.160. The number of hydrogen-bond acceptors (Lipinski definition) is 4. The number of rotatable bonds is 3.